The number of halogens is 1. The van der Waals surface area contributed by atoms with E-state index in [0.717, 1.165) is 34.3 Å². The molecule has 0 aromatic carbocycles. The van der Waals surface area contributed by atoms with Crippen LogP contribution in [0.1, 0.15) is 6.42 Å². The number of nitrogens with two attached hydrogens (primary N) is 2. The zero-order valence-corrected chi connectivity index (χ0v) is 16.0. The smallest absolute Gasteiger partial charge is 0.179 e. The number of anilines is 2. The third-order valence-corrected chi connectivity index (χ3v) is 6.90. The van der Waals surface area contributed by atoms with Gasteiger partial charge in [0.25, 0.3) is 0 Å². The zero-order valence-electron chi connectivity index (χ0n) is 14.4. The summed E-state index contributed by atoms with van der Waals surface area (Å²) >= 11 is 7.64. The molecule has 4 N–H and O–H groups in total. The Morgan fingerprint density at radius 1 is 1.11 bits per heavy atom. The highest BCUT2D eigenvalue weighted by molar-refractivity contribution is 7.99. The van der Waals surface area contributed by atoms with Crippen molar-refractivity contribution >= 4 is 46.2 Å². The highest BCUT2D eigenvalue weighted by atomic mass is 35.5. The van der Waals surface area contributed by atoms with Crippen LogP contribution in [0, 0.1) is 11.8 Å². The molecule has 138 valence electrons. The van der Waals surface area contributed by atoms with Crippen LogP contribution in [-0.2, 0) is 0 Å². The first-order valence-corrected chi connectivity index (χ1v) is 10.00. The maximum absolute atomic E-state index is 6.22. The molecule has 2 atom stereocenters. The highest BCUT2D eigenvalue weighted by Crippen LogP contribution is 2.40. The van der Waals surface area contributed by atoms with Gasteiger partial charge < -0.3 is 16.4 Å². The highest BCUT2D eigenvalue weighted by Gasteiger charge is 2.44. The summed E-state index contributed by atoms with van der Waals surface area (Å²) in [4.78, 5) is 20.9. The van der Waals surface area contributed by atoms with E-state index >= 15 is 0 Å². The number of rotatable bonds is 3. The van der Waals surface area contributed by atoms with Gasteiger partial charge >= 0.3 is 0 Å². The fraction of sp³-hybridized carbons (Fsp3) is 0.333. The van der Waals surface area contributed by atoms with Crippen molar-refractivity contribution in [3.63, 3.8) is 0 Å². The van der Waals surface area contributed by atoms with Crippen LogP contribution in [-0.4, -0.2) is 39.1 Å². The molecule has 6 rings (SSSR count). The summed E-state index contributed by atoms with van der Waals surface area (Å²) in [7, 11) is 0. The minimum atomic E-state index is 0.311. The molecule has 2 bridgehead atoms. The molecule has 2 unspecified atom stereocenters. The number of nitrogens with zero attached hydrogens (tertiary/aromatic N) is 5. The Hall–Kier alpha value is -2.16. The lowest BCUT2D eigenvalue weighted by Crippen LogP contribution is -2.62. The van der Waals surface area contributed by atoms with E-state index in [-0.39, 0.29) is 0 Å². The molecule has 1 aliphatic carbocycles. The monoisotopic (exact) mass is 399 g/mol. The Morgan fingerprint density at radius 3 is 2.70 bits per heavy atom. The maximum atomic E-state index is 6.22. The summed E-state index contributed by atoms with van der Waals surface area (Å²) in [6, 6.07) is 6.03. The lowest BCUT2D eigenvalue weighted by Gasteiger charge is -2.52. The molecule has 9 heteroatoms. The van der Waals surface area contributed by atoms with E-state index in [4.69, 9.17) is 28.1 Å². The van der Waals surface area contributed by atoms with Gasteiger partial charge in [0.15, 0.2) is 5.65 Å². The molecular weight excluding hydrogens is 382 g/mol. The third-order valence-electron chi connectivity index (χ3n) is 5.39. The number of pyridine rings is 2. The van der Waals surface area contributed by atoms with E-state index in [1.807, 2.05) is 18.2 Å². The van der Waals surface area contributed by atoms with Crippen molar-refractivity contribution in [3.8, 4) is 0 Å². The van der Waals surface area contributed by atoms with Gasteiger partial charge in [-0.3, -0.25) is 0 Å². The second-order valence-electron chi connectivity index (χ2n) is 7.07. The van der Waals surface area contributed by atoms with E-state index in [0.29, 0.717) is 34.4 Å². The summed E-state index contributed by atoms with van der Waals surface area (Å²) in [5, 5.41) is 1.22. The number of nitrogen functional groups attached to an aromatic ring is 1. The first kappa shape index (κ1) is 17.0. The van der Waals surface area contributed by atoms with Gasteiger partial charge in [-0.25, -0.2) is 19.9 Å². The number of hydrogen-bond donors (Lipinski definition) is 2. The van der Waals surface area contributed by atoms with Crippen molar-refractivity contribution in [2.75, 3.05) is 23.7 Å². The molecule has 3 fully saturated rings. The molecule has 0 spiro atoms. The SMILES string of the molecule is Nc1nccc(Sc2ccc3nc(N4CC5CC(C4)C5N)cnc3n2)c1Cl. The van der Waals surface area contributed by atoms with Crippen LogP contribution < -0.4 is 16.4 Å². The molecule has 1 saturated carbocycles. The Kier molecular flexibility index (Phi) is 4.07. The first-order valence-electron chi connectivity index (χ1n) is 8.80. The zero-order chi connectivity index (χ0) is 18.5. The quantitative estimate of drug-likeness (QED) is 0.692. The van der Waals surface area contributed by atoms with Crippen molar-refractivity contribution in [1.29, 1.82) is 0 Å². The van der Waals surface area contributed by atoms with Crippen molar-refractivity contribution in [2.45, 2.75) is 22.4 Å². The number of hydrogen-bond acceptors (Lipinski definition) is 8. The Balaban J connectivity index is 1.39. The van der Waals surface area contributed by atoms with Crippen LogP contribution in [0.15, 0.2) is 40.5 Å². The van der Waals surface area contributed by atoms with Crippen LogP contribution >= 0.6 is 23.4 Å². The molecule has 27 heavy (non-hydrogen) atoms. The Labute approximate surface area is 165 Å². The minimum absolute atomic E-state index is 0.311. The van der Waals surface area contributed by atoms with Gasteiger partial charge in [-0.2, -0.15) is 0 Å². The summed E-state index contributed by atoms with van der Waals surface area (Å²) < 4.78 is 0. The lowest BCUT2D eigenvalue weighted by atomic mass is 9.67. The Morgan fingerprint density at radius 2 is 1.93 bits per heavy atom. The second kappa shape index (κ2) is 6.47. The molecule has 3 aromatic heterocycles. The van der Waals surface area contributed by atoms with Gasteiger partial charge in [0, 0.05) is 30.2 Å². The van der Waals surface area contributed by atoms with E-state index in [9.17, 15) is 0 Å². The maximum Gasteiger partial charge on any atom is 0.179 e. The number of aromatic nitrogens is 4. The van der Waals surface area contributed by atoms with E-state index in [1.54, 1.807) is 12.4 Å². The normalized spacial score (nSPS) is 24.1. The van der Waals surface area contributed by atoms with E-state index in [1.165, 1.54) is 18.2 Å². The lowest BCUT2D eigenvalue weighted by molar-refractivity contribution is 0.115. The average molecular weight is 400 g/mol. The summed E-state index contributed by atoms with van der Waals surface area (Å²) in [5.74, 6) is 2.37. The van der Waals surface area contributed by atoms with Crippen LogP contribution in [0.3, 0.4) is 0 Å². The number of fused-ring (bicyclic) bond motifs is 3. The van der Waals surface area contributed by atoms with Gasteiger partial charge in [0.2, 0.25) is 0 Å². The van der Waals surface area contributed by atoms with Crippen LogP contribution in [0.5, 0.6) is 0 Å². The molecule has 0 amide bonds. The van der Waals surface area contributed by atoms with Gasteiger partial charge in [-0.05, 0) is 36.5 Å². The molecule has 3 aromatic rings. The van der Waals surface area contributed by atoms with Crippen LogP contribution in [0.25, 0.3) is 11.2 Å². The van der Waals surface area contributed by atoms with Crippen LogP contribution in [0.4, 0.5) is 11.6 Å². The fourth-order valence-corrected chi connectivity index (χ4v) is 4.88. The standard InChI is InChI=1S/C18H18ClN7S/c19-15-12(3-4-22-17(15)21)27-14-2-1-11-18(25-14)23-6-13(24-11)26-7-9-5-10(8-26)16(9)20/h1-4,6,9-10,16H,5,7-8,20H2,(H2,21,22). The van der Waals surface area contributed by atoms with Gasteiger partial charge in [-0.1, -0.05) is 23.4 Å². The fourth-order valence-electron chi connectivity index (χ4n) is 3.83. The molecular formula is C18H18ClN7S. The molecule has 0 radical (unpaired) electrons. The predicted octanol–water partition coefficient (Wildman–Crippen LogP) is 2.59. The van der Waals surface area contributed by atoms with E-state index in [2.05, 4.69) is 19.9 Å². The molecule has 3 aliphatic rings. The Bertz CT molecular complexity index is 1020. The van der Waals surface area contributed by atoms with Gasteiger partial charge in [0.1, 0.15) is 22.2 Å². The molecule has 5 heterocycles. The first-order chi connectivity index (χ1) is 13.1. The van der Waals surface area contributed by atoms with Crippen molar-refractivity contribution in [3.05, 3.63) is 35.6 Å². The summed E-state index contributed by atoms with van der Waals surface area (Å²) in [5.41, 5.74) is 13.3. The van der Waals surface area contributed by atoms with Gasteiger partial charge in [0.05, 0.1) is 11.2 Å². The predicted molar refractivity (Wildman–Crippen MR) is 107 cm³/mol. The van der Waals surface area contributed by atoms with Crippen molar-refractivity contribution in [2.24, 2.45) is 17.6 Å². The molecule has 7 nitrogen and oxygen atoms in total. The topological polar surface area (TPSA) is 107 Å². The molecule has 2 aliphatic heterocycles. The number of piperidine rings is 2. The second-order valence-corrected chi connectivity index (χ2v) is 8.51. The minimum Gasteiger partial charge on any atom is -0.382 e. The average Bonchev–Trinajstić information content (AvgIpc) is 2.70. The van der Waals surface area contributed by atoms with Crippen molar-refractivity contribution < 1.29 is 0 Å². The third kappa shape index (κ3) is 2.97. The largest absolute Gasteiger partial charge is 0.382 e. The van der Waals surface area contributed by atoms with Crippen LogP contribution in [0.2, 0.25) is 5.02 Å². The van der Waals surface area contributed by atoms with E-state index < -0.39 is 0 Å². The molecule has 2 saturated heterocycles. The summed E-state index contributed by atoms with van der Waals surface area (Å²) in [6.45, 7) is 1.92. The van der Waals surface area contributed by atoms with Gasteiger partial charge in [-0.15, -0.1) is 0 Å². The van der Waals surface area contributed by atoms with Crippen molar-refractivity contribution in [1.82, 2.24) is 19.9 Å². The summed E-state index contributed by atoms with van der Waals surface area (Å²) in [6.07, 6.45) is 4.67.